The lowest BCUT2D eigenvalue weighted by molar-refractivity contribution is 0.0822. The Kier molecular flexibility index (Phi) is 3.71. The molecule has 3 rings (SSSR count). The van der Waals surface area contributed by atoms with Crippen molar-refractivity contribution in [3.05, 3.63) is 41.9 Å². The Morgan fingerprint density at radius 1 is 1.35 bits per heavy atom. The Morgan fingerprint density at radius 3 is 2.91 bits per heavy atom. The molecule has 3 aromatic rings. The highest BCUT2D eigenvalue weighted by Gasteiger charge is 2.13. The fourth-order valence-corrected chi connectivity index (χ4v) is 2.06. The predicted octanol–water partition coefficient (Wildman–Crippen LogP) is 1.61. The fraction of sp³-hybridized carbons (Fsp3) is 0.133. The van der Waals surface area contributed by atoms with Gasteiger partial charge in [0, 0.05) is 31.9 Å². The maximum absolute atomic E-state index is 12.0. The van der Waals surface area contributed by atoms with Crippen LogP contribution in [0.4, 0.5) is 11.8 Å². The van der Waals surface area contributed by atoms with E-state index in [0.29, 0.717) is 29.0 Å². The van der Waals surface area contributed by atoms with E-state index < -0.39 is 0 Å². The van der Waals surface area contributed by atoms with Crippen molar-refractivity contribution in [3.63, 3.8) is 0 Å². The van der Waals surface area contributed by atoms with Crippen molar-refractivity contribution in [2.24, 2.45) is 0 Å². The molecule has 3 aromatic heterocycles. The van der Waals surface area contributed by atoms with Crippen LogP contribution in [-0.4, -0.2) is 51.1 Å². The number of pyridine rings is 1. The van der Waals surface area contributed by atoms with Crippen molar-refractivity contribution < 1.29 is 9.59 Å². The lowest BCUT2D eigenvalue weighted by Gasteiger charge is -2.07. The average molecular weight is 310 g/mol. The zero-order valence-corrected chi connectivity index (χ0v) is 12.6. The molecule has 0 saturated carbocycles. The molecule has 0 radical (unpaired) electrons. The van der Waals surface area contributed by atoms with Gasteiger partial charge in [-0.3, -0.25) is 9.59 Å². The van der Waals surface area contributed by atoms with Gasteiger partial charge in [-0.05, 0) is 18.2 Å². The van der Waals surface area contributed by atoms with Crippen molar-refractivity contribution in [2.75, 3.05) is 19.4 Å². The van der Waals surface area contributed by atoms with E-state index in [1.165, 1.54) is 4.90 Å². The maximum Gasteiger partial charge on any atom is 0.269 e. The Morgan fingerprint density at radius 2 is 2.17 bits per heavy atom. The quantitative estimate of drug-likeness (QED) is 0.710. The van der Waals surface area contributed by atoms with Gasteiger partial charge in [0.2, 0.25) is 5.95 Å². The number of aromatic nitrogens is 4. The highest BCUT2D eigenvalue weighted by atomic mass is 16.2. The van der Waals surface area contributed by atoms with Crippen LogP contribution in [0.3, 0.4) is 0 Å². The summed E-state index contributed by atoms with van der Waals surface area (Å²) in [4.78, 5) is 40.0. The molecule has 0 atom stereocenters. The third-order valence-corrected chi connectivity index (χ3v) is 3.20. The molecule has 0 saturated heterocycles. The lowest BCUT2D eigenvalue weighted by atomic mass is 10.3. The maximum atomic E-state index is 12.0. The van der Waals surface area contributed by atoms with Crippen molar-refractivity contribution >= 4 is 35.0 Å². The van der Waals surface area contributed by atoms with E-state index in [1.807, 2.05) is 0 Å². The molecule has 3 heterocycles. The van der Waals surface area contributed by atoms with Crippen LogP contribution in [0.25, 0.3) is 11.0 Å². The Balaban J connectivity index is 1.94. The highest BCUT2D eigenvalue weighted by Crippen LogP contribution is 2.18. The van der Waals surface area contributed by atoms with Crippen LogP contribution in [0.5, 0.6) is 0 Å². The van der Waals surface area contributed by atoms with Gasteiger partial charge in [-0.1, -0.05) is 0 Å². The minimum Gasteiger partial charge on any atom is -0.344 e. The normalized spacial score (nSPS) is 10.5. The summed E-state index contributed by atoms with van der Waals surface area (Å²) in [6, 6.07) is 5.01. The standard InChI is InChI=1S/C15H14N6O2/c1-21(2)14(23)11-6-10-7-17-15(20-13(10)18-11)19-12-9(8-22)4-3-5-16-12/h3-8H,1-2H3,(H2,16,17,18,19,20). The predicted molar refractivity (Wildman–Crippen MR) is 84.8 cm³/mol. The van der Waals surface area contributed by atoms with E-state index in [1.54, 1.807) is 44.7 Å². The molecular formula is C15H14N6O2. The largest absolute Gasteiger partial charge is 0.344 e. The fourth-order valence-electron chi connectivity index (χ4n) is 2.06. The first kappa shape index (κ1) is 14.6. The number of nitrogens with one attached hydrogen (secondary N) is 2. The lowest BCUT2D eigenvalue weighted by Crippen LogP contribution is -2.21. The number of hydrogen-bond donors (Lipinski definition) is 2. The first-order valence-corrected chi connectivity index (χ1v) is 6.83. The van der Waals surface area contributed by atoms with Crippen LogP contribution >= 0.6 is 0 Å². The molecule has 0 spiro atoms. The zero-order chi connectivity index (χ0) is 16.4. The van der Waals surface area contributed by atoms with Gasteiger partial charge in [0.25, 0.3) is 5.91 Å². The molecule has 0 bridgehead atoms. The summed E-state index contributed by atoms with van der Waals surface area (Å²) >= 11 is 0. The molecule has 116 valence electrons. The van der Waals surface area contributed by atoms with Gasteiger partial charge < -0.3 is 15.2 Å². The number of amides is 1. The van der Waals surface area contributed by atoms with E-state index in [0.717, 1.165) is 5.39 Å². The number of carbonyl (C=O) groups is 2. The second kappa shape index (κ2) is 5.84. The van der Waals surface area contributed by atoms with E-state index in [9.17, 15) is 9.59 Å². The molecule has 2 N–H and O–H groups in total. The number of H-pyrrole nitrogens is 1. The van der Waals surface area contributed by atoms with Crippen LogP contribution in [0.1, 0.15) is 20.8 Å². The molecule has 0 fully saturated rings. The number of nitrogens with zero attached hydrogens (tertiary/aromatic N) is 4. The van der Waals surface area contributed by atoms with Gasteiger partial charge in [0.1, 0.15) is 17.2 Å². The molecule has 23 heavy (non-hydrogen) atoms. The number of anilines is 2. The summed E-state index contributed by atoms with van der Waals surface area (Å²) in [6.07, 6.45) is 3.86. The topological polar surface area (TPSA) is 104 Å². The molecule has 1 amide bonds. The second-order valence-corrected chi connectivity index (χ2v) is 5.06. The number of rotatable bonds is 4. The van der Waals surface area contributed by atoms with Crippen LogP contribution in [0.15, 0.2) is 30.6 Å². The van der Waals surface area contributed by atoms with Crippen molar-refractivity contribution in [1.82, 2.24) is 24.8 Å². The van der Waals surface area contributed by atoms with Gasteiger partial charge in [0.15, 0.2) is 6.29 Å². The van der Waals surface area contributed by atoms with Crippen molar-refractivity contribution in [2.45, 2.75) is 0 Å². The summed E-state index contributed by atoms with van der Waals surface area (Å²) < 4.78 is 0. The average Bonchev–Trinajstić information content (AvgIpc) is 2.97. The van der Waals surface area contributed by atoms with Crippen LogP contribution < -0.4 is 5.32 Å². The van der Waals surface area contributed by atoms with Gasteiger partial charge >= 0.3 is 0 Å². The van der Waals surface area contributed by atoms with E-state index in [-0.39, 0.29) is 11.9 Å². The first-order chi connectivity index (χ1) is 11.1. The molecular weight excluding hydrogens is 296 g/mol. The molecule has 0 aliphatic rings. The van der Waals surface area contributed by atoms with Gasteiger partial charge in [-0.2, -0.15) is 4.98 Å². The van der Waals surface area contributed by atoms with E-state index in [4.69, 9.17) is 0 Å². The molecule has 8 heteroatoms. The Bertz CT molecular complexity index is 887. The summed E-state index contributed by atoms with van der Waals surface area (Å²) in [5.41, 5.74) is 1.37. The molecule has 0 aliphatic carbocycles. The Hall–Kier alpha value is -3.29. The smallest absolute Gasteiger partial charge is 0.269 e. The van der Waals surface area contributed by atoms with Gasteiger partial charge in [0.05, 0.1) is 5.56 Å². The minimum absolute atomic E-state index is 0.148. The number of carbonyl (C=O) groups excluding carboxylic acids is 2. The zero-order valence-electron chi connectivity index (χ0n) is 12.6. The monoisotopic (exact) mass is 310 g/mol. The minimum atomic E-state index is -0.148. The van der Waals surface area contributed by atoms with Crippen LogP contribution in [0.2, 0.25) is 0 Å². The van der Waals surface area contributed by atoms with Gasteiger partial charge in [-0.25, -0.2) is 9.97 Å². The summed E-state index contributed by atoms with van der Waals surface area (Å²) in [6.45, 7) is 0. The number of fused-ring (bicyclic) bond motifs is 1. The third-order valence-electron chi connectivity index (χ3n) is 3.20. The SMILES string of the molecule is CN(C)C(=O)c1cc2cnc(Nc3ncccc3C=O)nc2[nH]1. The second-order valence-electron chi connectivity index (χ2n) is 5.06. The summed E-state index contributed by atoms with van der Waals surface area (Å²) in [7, 11) is 3.35. The number of aldehydes is 1. The highest BCUT2D eigenvalue weighted by molar-refractivity contribution is 5.97. The van der Waals surface area contributed by atoms with E-state index in [2.05, 4.69) is 25.3 Å². The van der Waals surface area contributed by atoms with Crippen molar-refractivity contribution in [1.29, 1.82) is 0 Å². The summed E-state index contributed by atoms with van der Waals surface area (Å²) in [5, 5.41) is 3.62. The van der Waals surface area contributed by atoms with E-state index >= 15 is 0 Å². The number of hydrogen-bond acceptors (Lipinski definition) is 6. The first-order valence-electron chi connectivity index (χ1n) is 6.83. The van der Waals surface area contributed by atoms with Crippen molar-refractivity contribution in [3.8, 4) is 0 Å². The van der Waals surface area contributed by atoms with Crippen LogP contribution in [-0.2, 0) is 0 Å². The molecule has 0 unspecified atom stereocenters. The number of aromatic amines is 1. The molecule has 8 nitrogen and oxygen atoms in total. The van der Waals surface area contributed by atoms with Crippen LogP contribution in [0, 0.1) is 0 Å². The van der Waals surface area contributed by atoms with Gasteiger partial charge in [-0.15, -0.1) is 0 Å². The third kappa shape index (κ3) is 2.86. The molecule has 0 aliphatic heterocycles. The molecule has 0 aromatic carbocycles. The Labute approximate surface area is 131 Å². The summed E-state index contributed by atoms with van der Waals surface area (Å²) in [5.74, 6) is 0.508.